The van der Waals surface area contributed by atoms with Gasteiger partial charge < -0.3 is 15.7 Å². The minimum atomic E-state index is -0.420. The van der Waals surface area contributed by atoms with Crippen molar-refractivity contribution in [2.45, 2.75) is 19.4 Å². The number of benzene rings is 1. The number of amides is 1. The van der Waals surface area contributed by atoms with E-state index in [1.54, 1.807) is 4.68 Å². The molecule has 3 N–H and O–H groups in total. The van der Waals surface area contributed by atoms with Crippen LogP contribution in [0.5, 0.6) is 0 Å². The third-order valence-electron chi connectivity index (χ3n) is 4.02. The Labute approximate surface area is 146 Å². The van der Waals surface area contributed by atoms with Gasteiger partial charge in [0.25, 0.3) is 5.91 Å². The quantitative estimate of drug-likeness (QED) is 0.732. The Morgan fingerprint density at radius 2 is 2.12 bits per heavy atom. The number of carbonyl (C=O) groups excluding carboxylic acids is 1. The lowest BCUT2D eigenvalue weighted by molar-refractivity contribution is 0.0917. The third kappa shape index (κ3) is 3.92. The van der Waals surface area contributed by atoms with Crippen molar-refractivity contribution in [1.82, 2.24) is 25.4 Å². The van der Waals surface area contributed by atoms with E-state index in [1.165, 1.54) is 0 Å². The number of nitrogens with one attached hydrogen (secondary N) is 2. The minimum Gasteiger partial charge on any atom is -0.391 e. The predicted molar refractivity (Wildman–Crippen MR) is 92.7 cm³/mol. The first kappa shape index (κ1) is 18.4. The highest BCUT2D eigenvalue weighted by atomic mass is 35.5. The average molecular weight is 352 g/mol. The SMILES string of the molecule is CCc1nc(C(=O)NCC2CNCC2O)nn1-c1ccccc1.Cl. The number of para-hydroxylation sites is 1. The number of carbonyl (C=O) groups is 1. The van der Waals surface area contributed by atoms with Crippen LogP contribution in [-0.4, -0.2) is 51.5 Å². The van der Waals surface area contributed by atoms with Gasteiger partial charge in [-0.1, -0.05) is 25.1 Å². The molecule has 1 aliphatic heterocycles. The van der Waals surface area contributed by atoms with Gasteiger partial charge in [-0.3, -0.25) is 4.79 Å². The number of hydrogen-bond donors (Lipinski definition) is 3. The van der Waals surface area contributed by atoms with E-state index in [9.17, 15) is 9.90 Å². The fourth-order valence-electron chi connectivity index (χ4n) is 2.68. The second-order valence-electron chi connectivity index (χ2n) is 5.65. The van der Waals surface area contributed by atoms with Gasteiger partial charge in [0.2, 0.25) is 5.82 Å². The second-order valence-corrected chi connectivity index (χ2v) is 5.65. The van der Waals surface area contributed by atoms with Gasteiger partial charge >= 0.3 is 0 Å². The van der Waals surface area contributed by atoms with E-state index in [-0.39, 0.29) is 30.1 Å². The molecule has 0 spiro atoms. The molecule has 130 valence electrons. The normalized spacial score (nSPS) is 19.8. The average Bonchev–Trinajstić information content (AvgIpc) is 3.19. The molecule has 8 heteroatoms. The molecule has 0 saturated carbocycles. The summed E-state index contributed by atoms with van der Waals surface area (Å²) in [4.78, 5) is 16.6. The van der Waals surface area contributed by atoms with Crippen LogP contribution < -0.4 is 10.6 Å². The monoisotopic (exact) mass is 351 g/mol. The Morgan fingerprint density at radius 1 is 1.38 bits per heavy atom. The number of halogens is 1. The Bertz CT molecular complexity index is 676. The Morgan fingerprint density at radius 3 is 2.75 bits per heavy atom. The number of nitrogens with zero attached hydrogens (tertiary/aromatic N) is 3. The van der Waals surface area contributed by atoms with Crippen molar-refractivity contribution in [3.05, 3.63) is 42.0 Å². The van der Waals surface area contributed by atoms with Crippen LogP contribution in [0.15, 0.2) is 30.3 Å². The lowest BCUT2D eigenvalue weighted by atomic mass is 10.1. The maximum atomic E-state index is 12.3. The summed E-state index contributed by atoms with van der Waals surface area (Å²) in [5, 5.41) is 20.0. The molecular weight excluding hydrogens is 330 g/mol. The number of aromatic nitrogens is 3. The summed E-state index contributed by atoms with van der Waals surface area (Å²) in [6.07, 6.45) is 0.261. The zero-order chi connectivity index (χ0) is 16.2. The Balaban J connectivity index is 0.00000208. The van der Waals surface area contributed by atoms with Crippen molar-refractivity contribution < 1.29 is 9.90 Å². The highest BCUT2D eigenvalue weighted by Gasteiger charge is 2.26. The highest BCUT2D eigenvalue weighted by Crippen LogP contribution is 2.11. The van der Waals surface area contributed by atoms with Crippen LogP contribution in [0.1, 0.15) is 23.4 Å². The fraction of sp³-hybridized carbons (Fsp3) is 0.438. The molecule has 0 bridgehead atoms. The van der Waals surface area contributed by atoms with Crippen molar-refractivity contribution in [2.75, 3.05) is 19.6 Å². The molecule has 0 radical (unpaired) electrons. The molecule has 1 aromatic carbocycles. The van der Waals surface area contributed by atoms with Crippen LogP contribution in [0.3, 0.4) is 0 Å². The first-order valence-corrected chi connectivity index (χ1v) is 7.87. The molecule has 2 atom stereocenters. The number of aliphatic hydroxyl groups excluding tert-OH is 1. The fourth-order valence-corrected chi connectivity index (χ4v) is 2.68. The van der Waals surface area contributed by atoms with Crippen LogP contribution in [0, 0.1) is 5.92 Å². The van der Waals surface area contributed by atoms with E-state index < -0.39 is 6.10 Å². The molecule has 2 aromatic rings. The van der Waals surface area contributed by atoms with Crippen LogP contribution in [0.4, 0.5) is 0 Å². The van der Waals surface area contributed by atoms with Crippen LogP contribution >= 0.6 is 12.4 Å². The van der Waals surface area contributed by atoms with E-state index in [0.29, 0.717) is 26.1 Å². The van der Waals surface area contributed by atoms with Crippen LogP contribution in [-0.2, 0) is 6.42 Å². The van der Waals surface area contributed by atoms with Crippen molar-refractivity contribution in [3.8, 4) is 5.69 Å². The number of aliphatic hydroxyl groups is 1. The molecule has 1 aromatic heterocycles. The van der Waals surface area contributed by atoms with E-state index in [4.69, 9.17) is 0 Å². The standard InChI is InChI=1S/C16H21N5O2.ClH/c1-2-14-19-15(20-21(14)12-6-4-3-5-7-12)16(23)18-9-11-8-17-10-13(11)22;/h3-7,11,13,17,22H,2,8-10H2,1H3,(H,18,23);1H. The molecule has 24 heavy (non-hydrogen) atoms. The number of rotatable bonds is 5. The van der Waals surface area contributed by atoms with Crippen molar-refractivity contribution >= 4 is 18.3 Å². The third-order valence-corrected chi connectivity index (χ3v) is 4.02. The lowest BCUT2D eigenvalue weighted by Crippen LogP contribution is -2.34. The number of hydrogen-bond acceptors (Lipinski definition) is 5. The van der Waals surface area contributed by atoms with Gasteiger partial charge in [-0.25, -0.2) is 9.67 Å². The van der Waals surface area contributed by atoms with Gasteiger partial charge in [0.1, 0.15) is 5.82 Å². The smallest absolute Gasteiger partial charge is 0.290 e. The molecule has 3 rings (SSSR count). The van der Waals surface area contributed by atoms with Gasteiger partial charge in [0.05, 0.1) is 11.8 Å². The molecule has 2 heterocycles. The van der Waals surface area contributed by atoms with E-state index >= 15 is 0 Å². The molecule has 1 amide bonds. The van der Waals surface area contributed by atoms with Crippen molar-refractivity contribution in [1.29, 1.82) is 0 Å². The summed E-state index contributed by atoms with van der Waals surface area (Å²) in [5.41, 5.74) is 0.881. The largest absolute Gasteiger partial charge is 0.391 e. The van der Waals surface area contributed by atoms with Crippen molar-refractivity contribution in [3.63, 3.8) is 0 Å². The first-order valence-electron chi connectivity index (χ1n) is 7.87. The molecule has 1 fully saturated rings. The minimum absolute atomic E-state index is 0. The van der Waals surface area contributed by atoms with E-state index in [0.717, 1.165) is 11.5 Å². The Hall–Kier alpha value is -1.96. The molecule has 0 aliphatic carbocycles. The molecular formula is C16H22ClN5O2. The Kier molecular flexibility index (Phi) is 6.30. The molecule has 2 unspecified atom stereocenters. The molecule has 7 nitrogen and oxygen atoms in total. The second kappa shape index (κ2) is 8.23. The van der Waals surface area contributed by atoms with Crippen molar-refractivity contribution in [2.24, 2.45) is 5.92 Å². The van der Waals surface area contributed by atoms with Gasteiger partial charge in [-0.05, 0) is 12.1 Å². The highest BCUT2D eigenvalue weighted by molar-refractivity contribution is 5.90. The topological polar surface area (TPSA) is 92.1 Å². The van der Waals surface area contributed by atoms with Gasteiger partial charge in [-0.2, -0.15) is 0 Å². The van der Waals surface area contributed by atoms with Crippen LogP contribution in [0.25, 0.3) is 5.69 Å². The van der Waals surface area contributed by atoms with E-state index in [1.807, 2.05) is 37.3 Å². The summed E-state index contributed by atoms with van der Waals surface area (Å²) >= 11 is 0. The zero-order valence-corrected chi connectivity index (χ0v) is 14.3. The number of β-amino-alcohol motifs (C(OH)–C–C–N with tert-alkyl or cyclic N) is 1. The summed E-state index contributed by atoms with van der Waals surface area (Å²) < 4.78 is 1.70. The predicted octanol–water partition coefficient (Wildman–Crippen LogP) is 0.562. The lowest BCUT2D eigenvalue weighted by Gasteiger charge is -2.12. The summed E-state index contributed by atoms with van der Waals surface area (Å²) in [5.74, 6) is 0.615. The summed E-state index contributed by atoms with van der Waals surface area (Å²) in [6.45, 7) is 3.66. The maximum absolute atomic E-state index is 12.3. The zero-order valence-electron chi connectivity index (χ0n) is 13.5. The van der Waals surface area contributed by atoms with Gasteiger partial charge in [0, 0.05) is 32.0 Å². The summed E-state index contributed by atoms with van der Waals surface area (Å²) in [7, 11) is 0. The molecule has 1 saturated heterocycles. The summed E-state index contributed by atoms with van der Waals surface area (Å²) in [6, 6.07) is 9.63. The number of aryl methyl sites for hydroxylation is 1. The van der Waals surface area contributed by atoms with Gasteiger partial charge in [0.15, 0.2) is 0 Å². The van der Waals surface area contributed by atoms with E-state index in [2.05, 4.69) is 20.7 Å². The maximum Gasteiger partial charge on any atom is 0.290 e. The van der Waals surface area contributed by atoms with Crippen LogP contribution in [0.2, 0.25) is 0 Å². The first-order chi connectivity index (χ1) is 11.2. The molecule has 1 aliphatic rings. The van der Waals surface area contributed by atoms with Gasteiger partial charge in [-0.15, -0.1) is 17.5 Å².